The van der Waals surface area contributed by atoms with Crippen LogP contribution in [0.3, 0.4) is 0 Å². The number of anilines is 1. The van der Waals surface area contributed by atoms with Gasteiger partial charge in [0.25, 0.3) is 0 Å². The summed E-state index contributed by atoms with van der Waals surface area (Å²) in [5, 5.41) is 6.27. The van der Waals surface area contributed by atoms with E-state index in [4.69, 9.17) is 10.3 Å². The fourth-order valence-corrected chi connectivity index (χ4v) is 1.16. The van der Waals surface area contributed by atoms with Crippen LogP contribution in [0.15, 0.2) is 10.6 Å². The van der Waals surface area contributed by atoms with Crippen LogP contribution in [0.2, 0.25) is 0 Å². The van der Waals surface area contributed by atoms with Gasteiger partial charge in [-0.25, -0.2) is 0 Å². The number of nitrogens with one attached hydrogen (secondary N) is 1. The number of hydrogen-bond acceptors (Lipinski definition) is 4. The van der Waals surface area contributed by atoms with Gasteiger partial charge in [0.15, 0.2) is 5.82 Å². The number of rotatable bonds is 2. The summed E-state index contributed by atoms with van der Waals surface area (Å²) in [6.07, 6.45) is 0.767. The third-order valence-corrected chi connectivity index (χ3v) is 2.06. The maximum Gasteiger partial charge on any atom is 0.230 e. The molecule has 1 aromatic rings. The molecule has 70 valence electrons. The molecule has 1 saturated carbocycles. The van der Waals surface area contributed by atoms with E-state index in [1.54, 1.807) is 13.0 Å². The predicted molar refractivity (Wildman–Crippen MR) is 46.0 cm³/mol. The fourth-order valence-electron chi connectivity index (χ4n) is 1.16. The Morgan fingerprint density at radius 1 is 1.85 bits per heavy atom. The molecule has 0 spiro atoms. The summed E-state index contributed by atoms with van der Waals surface area (Å²) in [6, 6.07) is 1.69. The first-order chi connectivity index (χ1) is 6.16. The molecule has 2 atom stereocenters. The van der Waals surface area contributed by atoms with E-state index in [9.17, 15) is 4.79 Å². The Hall–Kier alpha value is -1.36. The number of carbonyl (C=O) groups excluding carboxylic acids is 1. The summed E-state index contributed by atoms with van der Waals surface area (Å²) >= 11 is 0. The Kier molecular flexibility index (Phi) is 1.81. The van der Waals surface area contributed by atoms with E-state index in [1.807, 2.05) is 0 Å². The lowest BCUT2D eigenvalue weighted by Crippen LogP contribution is -2.18. The minimum atomic E-state index is -0.0687. The third-order valence-electron chi connectivity index (χ3n) is 2.06. The van der Waals surface area contributed by atoms with Gasteiger partial charge in [-0.15, -0.1) is 0 Å². The minimum absolute atomic E-state index is 0.0213. The molecule has 0 aliphatic heterocycles. The van der Waals surface area contributed by atoms with Crippen molar-refractivity contribution in [1.82, 2.24) is 5.16 Å². The highest BCUT2D eigenvalue weighted by atomic mass is 16.5. The van der Waals surface area contributed by atoms with Crippen molar-refractivity contribution in [1.29, 1.82) is 0 Å². The van der Waals surface area contributed by atoms with Crippen LogP contribution >= 0.6 is 0 Å². The Bertz CT molecular complexity index is 334. The summed E-state index contributed by atoms with van der Waals surface area (Å²) in [6.45, 7) is 1.77. The highest BCUT2D eigenvalue weighted by molar-refractivity contribution is 5.94. The number of aryl methyl sites for hydroxylation is 1. The van der Waals surface area contributed by atoms with Gasteiger partial charge in [-0.1, -0.05) is 5.16 Å². The van der Waals surface area contributed by atoms with Crippen LogP contribution in [0, 0.1) is 12.8 Å². The first-order valence-electron chi connectivity index (χ1n) is 4.16. The van der Waals surface area contributed by atoms with E-state index in [2.05, 4.69) is 10.5 Å². The van der Waals surface area contributed by atoms with Crippen molar-refractivity contribution in [2.75, 3.05) is 5.32 Å². The molecule has 13 heavy (non-hydrogen) atoms. The predicted octanol–water partition coefficient (Wildman–Crippen LogP) is 0.269. The standard InChI is InChI=1S/C8H11N3O2/c1-4-2-7(11-13-4)10-8(12)5-3-6(5)9/h2,5-6H,3,9H2,1H3,(H,10,11,12). The number of amides is 1. The van der Waals surface area contributed by atoms with E-state index >= 15 is 0 Å². The van der Waals surface area contributed by atoms with E-state index in [0.717, 1.165) is 6.42 Å². The molecule has 3 N–H and O–H groups in total. The molecule has 5 nitrogen and oxygen atoms in total. The molecule has 0 bridgehead atoms. The first kappa shape index (κ1) is 8.25. The second kappa shape index (κ2) is 2.85. The van der Waals surface area contributed by atoms with Crippen LogP contribution < -0.4 is 11.1 Å². The first-order valence-corrected chi connectivity index (χ1v) is 4.16. The van der Waals surface area contributed by atoms with Crippen molar-refractivity contribution in [3.63, 3.8) is 0 Å². The maximum absolute atomic E-state index is 11.3. The van der Waals surface area contributed by atoms with Gasteiger partial charge >= 0.3 is 0 Å². The number of nitrogens with zero attached hydrogens (tertiary/aromatic N) is 1. The third kappa shape index (κ3) is 1.70. The molecule has 2 rings (SSSR count). The second-order valence-electron chi connectivity index (χ2n) is 3.32. The zero-order valence-corrected chi connectivity index (χ0v) is 7.28. The van der Waals surface area contributed by atoms with Gasteiger partial charge < -0.3 is 15.6 Å². The lowest BCUT2D eigenvalue weighted by molar-refractivity contribution is -0.117. The average molecular weight is 181 g/mol. The van der Waals surface area contributed by atoms with Crippen LogP contribution in [0.1, 0.15) is 12.2 Å². The number of carbonyl (C=O) groups is 1. The highest BCUT2D eigenvalue weighted by Gasteiger charge is 2.40. The molecule has 0 saturated heterocycles. The Morgan fingerprint density at radius 3 is 3.00 bits per heavy atom. The zero-order chi connectivity index (χ0) is 9.42. The molecule has 1 aliphatic carbocycles. The number of aromatic nitrogens is 1. The van der Waals surface area contributed by atoms with Crippen LogP contribution in [-0.4, -0.2) is 17.1 Å². The summed E-state index contributed by atoms with van der Waals surface area (Å²) in [4.78, 5) is 11.3. The van der Waals surface area contributed by atoms with Crippen molar-refractivity contribution >= 4 is 11.7 Å². The molecular formula is C8H11N3O2. The van der Waals surface area contributed by atoms with Gasteiger partial charge in [0.05, 0.1) is 5.92 Å². The van der Waals surface area contributed by atoms with E-state index < -0.39 is 0 Å². The minimum Gasteiger partial charge on any atom is -0.360 e. The normalized spacial score (nSPS) is 25.7. The van der Waals surface area contributed by atoms with Crippen molar-refractivity contribution < 1.29 is 9.32 Å². The molecule has 1 aromatic heterocycles. The Balaban J connectivity index is 1.95. The molecule has 2 unspecified atom stereocenters. The van der Waals surface area contributed by atoms with Gasteiger partial charge in [-0.3, -0.25) is 4.79 Å². The monoisotopic (exact) mass is 181 g/mol. The van der Waals surface area contributed by atoms with Crippen molar-refractivity contribution in [3.8, 4) is 0 Å². The summed E-state index contributed by atoms with van der Waals surface area (Å²) in [7, 11) is 0. The summed E-state index contributed by atoms with van der Waals surface area (Å²) < 4.78 is 4.80. The highest BCUT2D eigenvalue weighted by Crippen LogP contribution is 2.28. The lowest BCUT2D eigenvalue weighted by Gasteiger charge is -1.97. The van der Waals surface area contributed by atoms with Gasteiger partial charge in [0.1, 0.15) is 5.76 Å². The maximum atomic E-state index is 11.3. The van der Waals surface area contributed by atoms with E-state index in [-0.39, 0.29) is 17.9 Å². The van der Waals surface area contributed by atoms with E-state index in [1.165, 1.54) is 0 Å². The Labute approximate surface area is 75.3 Å². The van der Waals surface area contributed by atoms with Crippen LogP contribution in [0.4, 0.5) is 5.82 Å². The van der Waals surface area contributed by atoms with Crippen molar-refractivity contribution in [2.45, 2.75) is 19.4 Å². The summed E-state index contributed by atoms with van der Waals surface area (Å²) in [5.41, 5.74) is 5.52. The number of hydrogen-bond donors (Lipinski definition) is 2. The van der Waals surface area contributed by atoms with Gasteiger partial charge in [0.2, 0.25) is 5.91 Å². The topological polar surface area (TPSA) is 81.2 Å². The summed E-state index contributed by atoms with van der Waals surface area (Å²) in [5.74, 6) is 1.02. The molecule has 0 aromatic carbocycles. The van der Waals surface area contributed by atoms with Gasteiger partial charge in [0, 0.05) is 12.1 Å². The van der Waals surface area contributed by atoms with Crippen LogP contribution in [-0.2, 0) is 4.79 Å². The largest absolute Gasteiger partial charge is 0.360 e. The SMILES string of the molecule is Cc1cc(NC(=O)C2CC2N)no1. The molecule has 1 aliphatic rings. The molecule has 1 fully saturated rings. The quantitative estimate of drug-likeness (QED) is 0.686. The van der Waals surface area contributed by atoms with Crippen LogP contribution in [0.5, 0.6) is 0 Å². The molecule has 0 radical (unpaired) electrons. The van der Waals surface area contributed by atoms with Gasteiger partial charge in [-0.05, 0) is 13.3 Å². The molecule has 1 heterocycles. The number of nitrogens with two attached hydrogens (primary N) is 1. The smallest absolute Gasteiger partial charge is 0.230 e. The second-order valence-corrected chi connectivity index (χ2v) is 3.32. The molecule has 1 amide bonds. The van der Waals surface area contributed by atoms with Gasteiger partial charge in [-0.2, -0.15) is 0 Å². The van der Waals surface area contributed by atoms with E-state index in [0.29, 0.717) is 11.6 Å². The average Bonchev–Trinajstić information content (AvgIpc) is 2.66. The van der Waals surface area contributed by atoms with Crippen molar-refractivity contribution in [2.24, 2.45) is 11.7 Å². The molecule has 5 heteroatoms. The Morgan fingerprint density at radius 2 is 2.54 bits per heavy atom. The lowest BCUT2D eigenvalue weighted by atomic mass is 10.3. The zero-order valence-electron chi connectivity index (χ0n) is 7.28. The van der Waals surface area contributed by atoms with Crippen molar-refractivity contribution in [3.05, 3.63) is 11.8 Å². The molecular weight excluding hydrogens is 170 g/mol. The fraction of sp³-hybridized carbons (Fsp3) is 0.500. The van der Waals surface area contributed by atoms with Crippen LogP contribution in [0.25, 0.3) is 0 Å².